The van der Waals surface area contributed by atoms with Crippen molar-refractivity contribution in [3.63, 3.8) is 0 Å². The van der Waals surface area contributed by atoms with E-state index in [4.69, 9.17) is 16.3 Å². The molecule has 10 heteroatoms. The Morgan fingerprint density at radius 3 is 2.65 bits per heavy atom. The van der Waals surface area contributed by atoms with Crippen molar-refractivity contribution in [2.24, 2.45) is 0 Å². The minimum Gasteiger partial charge on any atom is -0.495 e. The lowest BCUT2D eigenvalue weighted by molar-refractivity contribution is 0.0950. The van der Waals surface area contributed by atoms with Crippen LogP contribution in [0.5, 0.6) is 5.75 Å². The molecule has 0 saturated carbocycles. The maximum absolute atomic E-state index is 13.0. The van der Waals surface area contributed by atoms with E-state index < -0.39 is 9.84 Å². The Kier molecular flexibility index (Phi) is 5.62. The molecule has 0 aliphatic carbocycles. The number of methoxy groups -OCH3 is 1. The average Bonchev–Trinajstić information content (AvgIpc) is 3.25. The van der Waals surface area contributed by atoms with Gasteiger partial charge in [-0.1, -0.05) is 23.7 Å². The zero-order chi connectivity index (χ0) is 22.0. The molecule has 158 valence electrons. The molecule has 0 bridgehead atoms. The molecule has 1 amide bonds. The Morgan fingerprint density at radius 2 is 1.90 bits per heavy atom. The highest BCUT2D eigenvalue weighted by atomic mass is 35.5. The van der Waals surface area contributed by atoms with E-state index in [-0.39, 0.29) is 28.0 Å². The predicted octanol–water partition coefficient (Wildman–Crippen LogP) is 3.38. The molecule has 2 aromatic carbocycles. The van der Waals surface area contributed by atoms with Crippen molar-refractivity contribution in [1.82, 2.24) is 20.5 Å². The Balaban J connectivity index is 1.49. The van der Waals surface area contributed by atoms with Crippen molar-refractivity contribution in [2.45, 2.75) is 16.3 Å². The number of aromatic nitrogens is 3. The van der Waals surface area contributed by atoms with Crippen LogP contribution in [0.1, 0.15) is 15.9 Å². The summed E-state index contributed by atoms with van der Waals surface area (Å²) in [5.41, 5.74) is 1.74. The molecule has 0 aliphatic rings. The first-order valence-corrected chi connectivity index (χ1v) is 11.0. The number of nitrogens with zero attached hydrogens (tertiary/aromatic N) is 2. The van der Waals surface area contributed by atoms with Crippen molar-refractivity contribution < 1.29 is 17.9 Å². The van der Waals surface area contributed by atoms with Crippen molar-refractivity contribution in [3.05, 3.63) is 77.1 Å². The normalized spacial score (nSPS) is 11.4. The Bertz CT molecular complexity index is 1370. The Hall–Kier alpha value is -3.43. The SMILES string of the molecule is COc1ccc(Cl)cc1S(=O)(=O)c1ccc(CNC(=O)c2cnc3[nH]ncc3c2)cc1. The van der Waals surface area contributed by atoms with Crippen molar-refractivity contribution in [1.29, 1.82) is 0 Å². The molecule has 0 saturated heterocycles. The summed E-state index contributed by atoms with van der Waals surface area (Å²) in [4.78, 5) is 16.6. The number of rotatable bonds is 6. The lowest BCUT2D eigenvalue weighted by Crippen LogP contribution is -2.22. The maximum Gasteiger partial charge on any atom is 0.253 e. The topological polar surface area (TPSA) is 114 Å². The quantitative estimate of drug-likeness (QED) is 0.459. The van der Waals surface area contributed by atoms with Crippen molar-refractivity contribution in [3.8, 4) is 5.75 Å². The molecule has 0 spiro atoms. The molecule has 0 aliphatic heterocycles. The number of halogens is 1. The molecule has 31 heavy (non-hydrogen) atoms. The van der Waals surface area contributed by atoms with Crippen LogP contribution in [0.15, 0.2) is 70.7 Å². The monoisotopic (exact) mass is 456 g/mol. The molecule has 4 aromatic rings. The number of benzene rings is 2. The third kappa shape index (κ3) is 4.23. The minimum atomic E-state index is -3.82. The Labute approximate surface area is 183 Å². The molecule has 4 rings (SSSR count). The molecule has 0 radical (unpaired) electrons. The van der Waals surface area contributed by atoms with Crippen molar-refractivity contribution in [2.75, 3.05) is 7.11 Å². The number of carbonyl (C=O) groups is 1. The van der Waals surface area contributed by atoms with E-state index in [2.05, 4.69) is 20.5 Å². The van der Waals surface area contributed by atoms with Crippen LogP contribution in [-0.2, 0) is 16.4 Å². The number of H-pyrrole nitrogens is 1. The van der Waals surface area contributed by atoms with Gasteiger partial charge in [-0.25, -0.2) is 13.4 Å². The number of sulfone groups is 1. The summed E-state index contributed by atoms with van der Waals surface area (Å²) in [6.07, 6.45) is 3.05. The highest BCUT2D eigenvalue weighted by molar-refractivity contribution is 7.91. The second-order valence-corrected chi connectivity index (χ2v) is 9.01. The second kappa shape index (κ2) is 8.37. The number of pyridine rings is 1. The van der Waals surface area contributed by atoms with Crippen LogP contribution in [0.3, 0.4) is 0 Å². The number of nitrogens with one attached hydrogen (secondary N) is 2. The summed E-state index contributed by atoms with van der Waals surface area (Å²) in [7, 11) is -2.43. The first kappa shape index (κ1) is 20.8. The van der Waals surface area contributed by atoms with Gasteiger partial charge in [-0.2, -0.15) is 5.10 Å². The van der Waals surface area contributed by atoms with Gasteiger partial charge in [-0.3, -0.25) is 9.89 Å². The third-order valence-corrected chi connectivity index (χ3v) is 6.68. The van der Waals surface area contributed by atoms with Gasteiger partial charge in [0, 0.05) is 23.2 Å². The molecule has 0 fully saturated rings. The van der Waals surface area contributed by atoms with Crippen molar-refractivity contribution >= 4 is 38.4 Å². The average molecular weight is 457 g/mol. The van der Waals surface area contributed by atoms with E-state index in [1.807, 2.05) is 0 Å². The van der Waals surface area contributed by atoms with Crippen LogP contribution in [0.25, 0.3) is 11.0 Å². The van der Waals surface area contributed by atoms with E-state index in [0.717, 1.165) is 10.9 Å². The molecular weight excluding hydrogens is 440 g/mol. The van der Waals surface area contributed by atoms with Crippen LogP contribution in [0.2, 0.25) is 5.02 Å². The van der Waals surface area contributed by atoms with Gasteiger partial charge in [0.15, 0.2) is 5.65 Å². The van der Waals surface area contributed by atoms with Crippen LogP contribution in [0.4, 0.5) is 0 Å². The highest BCUT2D eigenvalue weighted by Gasteiger charge is 2.22. The summed E-state index contributed by atoms with van der Waals surface area (Å²) < 4.78 is 31.1. The molecule has 2 N–H and O–H groups in total. The summed E-state index contributed by atoms with van der Waals surface area (Å²) in [6, 6.07) is 12.4. The van der Waals surface area contributed by atoms with Gasteiger partial charge in [-0.05, 0) is 42.0 Å². The van der Waals surface area contributed by atoms with E-state index in [1.54, 1.807) is 30.5 Å². The van der Waals surface area contributed by atoms with E-state index >= 15 is 0 Å². The van der Waals surface area contributed by atoms with E-state index in [9.17, 15) is 13.2 Å². The minimum absolute atomic E-state index is 0.00862. The summed E-state index contributed by atoms with van der Waals surface area (Å²) in [5, 5.41) is 10.4. The number of ether oxygens (including phenoxy) is 1. The molecule has 8 nitrogen and oxygen atoms in total. The van der Waals surface area contributed by atoms with E-state index in [1.165, 1.54) is 37.6 Å². The maximum atomic E-state index is 13.0. The van der Waals surface area contributed by atoms with Crippen LogP contribution < -0.4 is 10.1 Å². The summed E-state index contributed by atoms with van der Waals surface area (Å²) in [5.74, 6) is -0.0834. The van der Waals surface area contributed by atoms with Gasteiger partial charge < -0.3 is 10.1 Å². The lowest BCUT2D eigenvalue weighted by atomic mass is 10.2. The first-order valence-electron chi connectivity index (χ1n) is 9.13. The fourth-order valence-electron chi connectivity index (χ4n) is 3.02. The molecular formula is C21H17ClN4O4S. The van der Waals surface area contributed by atoms with E-state index in [0.29, 0.717) is 16.2 Å². The fourth-order valence-corrected chi connectivity index (χ4v) is 4.70. The number of hydrogen-bond donors (Lipinski definition) is 2. The zero-order valence-electron chi connectivity index (χ0n) is 16.3. The van der Waals surface area contributed by atoms with Crippen LogP contribution in [-0.4, -0.2) is 36.6 Å². The third-order valence-electron chi connectivity index (χ3n) is 4.66. The summed E-state index contributed by atoms with van der Waals surface area (Å²) in [6.45, 7) is 0.225. The van der Waals surface area contributed by atoms with Crippen LogP contribution in [0, 0.1) is 0 Å². The predicted molar refractivity (Wildman–Crippen MR) is 115 cm³/mol. The second-order valence-electron chi connectivity index (χ2n) is 6.66. The molecule has 2 aromatic heterocycles. The van der Waals surface area contributed by atoms with Crippen LogP contribution >= 0.6 is 11.6 Å². The van der Waals surface area contributed by atoms with Gasteiger partial charge in [-0.15, -0.1) is 0 Å². The van der Waals surface area contributed by atoms with Gasteiger partial charge in [0.25, 0.3) is 5.91 Å². The number of aromatic amines is 1. The van der Waals surface area contributed by atoms with Gasteiger partial charge in [0.05, 0.1) is 23.8 Å². The zero-order valence-corrected chi connectivity index (χ0v) is 17.9. The lowest BCUT2D eigenvalue weighted by Gasteiger charge is -2.11. The summed E-state index contributed by atoms with van der Waals surface area (Å²) >= 11 is 5.97. The Morgan fingerprint density at radius 1 is 1.13 bits per heavy atom. The molecule has 0 atom stereocenters. The smallest absolute Gasteiger partial charge is 0.253 e. The molecule has 0 unspecified atom stereocenters. The number of hydrogen-bond acceptors (Lipinski definition) is 6. The highest BCUT2D eigenvalue weighted by Crippen LogP contribution is 2.31. The number of carbonyl (C=O) groups excluding carboxylic acids is 1. The van der Waals surface area contributed by atoms with Gasteiger partial charge in [0.2, 0.25) is 9.84 Å². The largest absolute Gasteiger partial charge is 0.495 e. The standard InChI is InChI=1S/C21H17ClN4O4S/c1-30-18-7-4-16(22)9-19(18)31(28,29)17-5-2-13(3-6-17)10-24-21(27)15-8-14-12-25-26-20(14)23-11-15/h2-9,11-12H,10H2,1H3,(H,24,27)(H,23,25,26). The van der Waals surface area contributed by atoms with Gasteiger partial charge in [0.1, 0.15) is 10.6 Å². The van der Waals surface area contributed by atoms with Gasteiger partial charge >= 0.3 is 0 Å². The fraction of sp³-hybridized carbons (Fsp3) is 0.0952. The first-order chi connectivity index (χ1) is 14.9. The number of amides is 1. The number of fused-ring (bicyclic) bond motifs is 1. The molecule has 2 heterocycles.